The second-order valence-corrected chi connectivity index (χ2v) is 7.09. The summed E-state index contributed by atoms with van der Waals surface area (Å²) >= 11 is 0. The highest BCUT2D eigenvalue weighted by Gasteiger charge is 2.44. The van der Waals surface area contributed by atoms with Crippen LogP contribution < -0.4 is 4.74 Å². The molecule has 2 aromatic carbocycles. The third-order valence-corrected chi connectivity index (χ3v) is 5.09. The minimum Gasteiger partial charge on any atom is -0.465 e. The molecule has 10 heteroatoms. The molecule has 4 N–H and O–H groups in total. The normalized spacial score (nSPS) is 25.1. The molecule has 0 aromatic heterocycles. The van der Waals surface area contributed by atoms with Gasteiger partial charge in [0, 0.05) is 0 Å². The molecule has 0 saturated carbocycles. The zero-order valence-electron chi connectivity index (χ0n) is 17.4. The Bertz CT molecular complexity index is 973. The Kier molecular flexibility index (Phi) is 7.44. The van der Waals surface area contributed by atoms with Gasteiger partial charge < -0.3 is 39.4 Å². The Hall–Kier alpha value is -3.02. The van der Waals surface area contributed by atoms with Gasteiger partial charge in [-0.3, -0.25) is 0 Å². The molecule has 5 atom stereocenters. The first-order chi connectivity index (χ1) is 15.3. The van der Waals surface area contributed by atoms with E-state index in [9.17, 15) is 30.0 Å². The zero-order valence-corrected chi connectivity index (χ0v) is 17.4. The SMILES string of the molecule is COC(=O)c1cccc(-c2ccc(O[C@H]3O[C@H](CO)[C@@H](O)[C@@H](O)[C@H]3O)cc2C(=O)OC)c1. The van der Waals surface area contributed by atoms with Crippen molar-refractivity contribution in [3.63, 3.8) is 0 Å². The predicted octanol–water partition coefficient (Wildman–Crippen LogP) is 0.105. The maximum Gasteiger partial charge on any atom is 0.338 e. The van der Waals surface area contributed by atoms with E-state index in [1.165, 1.54) is 26.4 Å². The van der Waals surface area contributed by atoms with E-state index in [1.54, 1.807) is 30.3 Å². The van der Waals surface area contributed by atoms with Gasteiger partial charge in [0.15, 0.2) is 0 Å². The first-order valence-corrected chi connectivity index (χ1v) is 9.69. The van der Waals surface area contributed by atoms with Crippen molar-refractivity contribution in [2.75, 3.05) is 20.8 Å². The molecular formula is C22H24O10. The van der Waals surface area contributed by atoms with Gasteiger partial charge in [0.25, 0.3) is 0 Å². The van der Waals surface area contributed by atoms with Gasteiger partial charge in [-0.1, -0.05) is 12.1 Å². The van der Waals surface area contributed by atoms with Gasteiger partial charge in [-0.05, 0) is 41.5 Å². The lowest BCUT2D eigenvalue weighted by Crippen LogP contribution is -2.60. The number of ether oxygens (including phenoxy) is 4. The van der Waals surface area contributed by atoms with Crippen LogP contribution in [0.2, 0.25) is 0 Å². The molecule has 0 unspecified atom stereocenters. The summed E-state index contributed by atoms with van der Waals surface area (Å²) < 4.78 is 20.5. The summed E-state index contributed by atoms with van der Waals surface area (Å²) in [6, 6.07) is 10.9. The molecule has 0 amide bonds. The number of benzene rings is 2. The zero-order chi connectivity index (χ0) is 23.4. The monoisotopic (exact) mass is 448 g/mol. The molecule has 3 rings (SSSR count). The number of aliphatic hydroxyl groups excluding tert-OH is 4. The van der Waals surface area contributed by atoms with Crippen molar-refractivity contribution >= 4 is 11.9 Å². The number of esters is 2. The van der Waals surface area contributed by atoms with E-state index >= 15 is 0 Å². The van der Waals surface area contributed by atoms with Crippen LogP contribution in [0.3, 0.4) is 0 Å². The minimum absolute atomic E-state index is 0.0996. The first kappa shape index (κ1) is 23.6. The van der Waals surface area contributed by atoms with E-state index in [4.69, 9.17) is 18.9 Å². The molecule has 10 nitrogen and oxygen atoms in total. The van der Waals surface area contributed by atoms with Crippen molar-refractivity contribution in [1.29, 1.82) is 0 Å². The molecule has 0 spiro atoms. The minimum atomic E-state index is -1.61. The van der Waals surface area contributed by atoms with Gasteiger partial charge in [-0.25, -0.2) is 9.59 Å². The topological polar surface area (TPSA) is 152 Å². The summed E-state index contributed by atoms with van der Waals surface area (Å²) in [6.45, 7) is -0.603. The second kappa shape index (κ2) is 10.1. The van der Waals surface area contributed by atoms with Crippen LogP contribution in [0, 0.1) is 0 Å². The van der Waals surface area contributed by atoms with Gasteiger partial charge in [0.1, 0.15) is 30.2 Å². The van der Waals surface area contributed by atoms with Gasteiger partial charge in [-0.15, -0.1) is 0 Å². The van der Waals surface area contributed by atoms with Crippen molar-refractivity contribution in [3.8, 4) is 16.9 Å². The first-order valence-electron chi connectivity index (χ1n) is 9.69. The highest BCUT2D eigenvalue weighted by Crippen LogP contribution is 2.31. The smallest absolute Gasteiger partial charge is 0.338 e. The number of hydrogen-bond donors (Lipinski definition) is 4. The Morgan fingerprint density at radius 2 is 1.66 bits per heavy atom. The molecule has 172 valence electrons. The molecule has 2 aromatic rings. The van der Waals surface area contributed by atoms with E-state index in [0.717, 1.165) is 0 Å². The van der Waals surface area contributed by atoms with Crippen LogP contribution in [0.4, 0.5) is 0 Å². The highest BCUT2D eigenvalue weighted by molar-refractivity contribution is 5.99. The van der Waals surface area contributed by atoms with E-state index in [1.807, 2.05) is 0 Å². The van der Waals surface area contributed by atoms with Crippen molar-refractivity contribution in [2.24, 2.45) is 0 Å². The predicted molar refractivity (Wildman–Crippen MR) is 109 cm³/mol. The standard InChI is InChI=1S/C22H24O10/c1-29-20(27)12-5-3-4-11(8-12)14-7-6-13(9-15(14)21(28)30-2)31-22-19(26)18(25)17(24)16(10-23)32-22/h3-9,16-19,22-26H,10H2,1-2H3/t16-,17-,18-,19-,22+/m1/s1. The second-order valence-electron chi connectivity index (χ2n) is 7.09. The van der Waals surface area contributed by atoms with Crippen LogP contribution in [0.1, 0.15) is 20.7 Å². The van der Waals surface area contributed by atoms with Crippen LogP contribution in [0.15, 0.2) is 42.5 Å². The fraction of sp³-hybridized carbons (Fsp3) is 0.364. The number of carbonyl (C=O) groups excluding carboxylic acids is 2. The Morgan fingerprint density at radius 1 is 0.938 bits per heavy atom. The van der Waals surface area contributed by atoms with Crippen molar-refractivity contribution in [2.45, 2.75) is 30.7 Å². The lowest BCUT2D eigenvalue weighted by Gasteiger charge is -2.39. The third kappa shape index (κ3) is 4.74. The molecule has 32 heavy (non-hydrogen) atoms. The van der Waals surface area contributed by atoms with Crippen LogP contribution in [-0.4, -0.2) is 83.9 Å². The van der Waals surface area contributed by atoms with Crippen LogP contribution in [0.5, 0.6) is 5.75 Å². The van der Waals surface area contributed by atoms with Crippen LogP contribution in [-0.2, 0) is 14.2 Å². The maximum absolute atomic E-state index is 12.4. The summed E-state index contributed by atoms with van der Waals surface area (Å²) in [5.74, 6) is -1.11. The fourth-order valence-electron chi connectivity index (χ4n) is 3.36. The lowest BCUT2D eigenvalue weighted by atomic mass is 9.97. The van der Waals surface area contributed by atoms with Gasteiger partial charge in [0.05, 0.1) is 32.0 Å². The lowest BCUT2D eigenvalue weighted by molar-refractivity contribution is -0.277. The van der Waals surface area contributed by atoms with Crippen molar-refractivity contribution < 1.29 is 49.0 Å². The molecule has 0 bridgehead atoms. The quantitative estimate of drug-likeness (QED) is 0.448. The highest BCUT2D eigenvalue weighted by atomic mass is 16.7. The average Bonchev–Trinajstić information content (AvgIpc) is 2.83. The fourth-order valence-corrected chi connectivity index (χ4v) is 3.36. The molecule has 1 fully saturated rings. The summed E-state index contributed by atoms with van der Waals surface area (Å²) in [5.41, 5.74) is 1.40. The average molecular weight is 448 g/mol. The van der Waals surface area contributed by atoms with Crippen LogP contribution in [0.25, 0.3) is 11.1 Å². The van der Waals surface area contributed by atoms with Gasteiger partial charge >= 0.3 is 11.9 Å². The Labute approximate surface area is 183 Å². The van der Waals surface area contributed by atoms with Crippen LogP contribution >= 0.6 is 0 Å². The summed E-state index contributed by atoms with van der Waals surface area (Å²) in [5, 5.41) is 39.3. The van der Waals surface area contributed by atoms with E-state index < -0.39 is 49.3 Å². The third-order valence-electron chi connectivity index (χ3n) is 5.09. The van der Waals surface area contributed by atoms with Crippen molar-refractivity contribution in [1.82, 2.24) is 0 Å². The molecule has 1 aliphatic heterocycles. The molecule has 1 saturated heterocycles. The molecule has 1 heterocycles. The molecule has 1 aliphatic rings. The van der Waals surface area contributed by atoms with E-state index in [0.29, 0.717) is 16.7 Å². The van der Waals surface area contributed by atoms with Gasteiger partial charge in [0.2, 0.25) is 6.29 Å². The van der Waals surface area contributed by atoms with Gasteiger partial charge in [-0.2, -0.15) is 0 Å². The van der Waals surface area contributed by atoms with E-state index in [2.05, 4.69) is 0 Å². The maximum atomic E-state index is 12.4. The molecule has 0 radical (unpaired) electrons. The number of hydrogen-bond acceptors (Lipinski definition) is 10. The van der Waals surface area contributed by atoms with E-state index in [-0.39, 0.29) is 11.3 Å². The van der Waals surface area contributed by atoms with Crippen molar-refractivity contribution in [3.05, 3.63) is 53.6 Å². The molecular weight excluding hydrogens is 424 g/mol. The Balaban J connectivity index is 1.94. The number of aliphatic hydroxyl groups is 4. The summed E-state index contributed by atoms with van der Waals surface area (Å²) in [6.07, 6.45) is -7.29. The number of methoxy groups -OCH3 is 2. The largest absolute Gasteiger partial charge is 0.465 e. The number of rotatable bonds is 6. The Morgan fingerprint density at radius 3 is 2.31 bits per heavy atom. The number of carbonyl (C=O) groups is 2. The summed E-state index contributed by atoms with van der Waals surface area (Å²) in [7, 11) is 2.47. The molecule has 0 aliphatic carbocycles. The summed E-state index contributed by atoms with van der Waals surface area (Å²) in [4.78, 5) is 24.3.